The van der Waals surface area contributed by atoms with Crippen molar-refractivity contribution in [1.82, 2.24) is 10.2 Å². The molecular weight excluding hydrogens is 344 g/mol. The highest BCUT2D eigenvalue weighted by Gasteiger charge is 2.30. The smallest absolute Gasteiger partial charge is 0.253 e. The molecule has 0 saturated carbocycles. The number of rotatable bonds is 6. The van der Waals surface area contributed by atoms with Crippen molar-refractivity contribution in [3.05, 3.63) is 59.5 Å². The molecule has 1 aliphatic heterocycles. The molecule has 2 heterocycles. The summed E-state index contributed by atoms with van der Waals surface area (Å²) in [6.45, 7) is 3.30. The van der Waals surface area contributed by atoms with Crippen molar-refractivity contribution < 1.29 is 18.7 Å². The molecule has 1 aliphatic rings. The highest BCUT2D eigenvalue weighted by atomic mass is 16.5. The van der Waals surface area contributed by atoms with E-state index in [1.165, 1.54) is 0 Å². The van der Waals surface area contributed by atoms with Crippen molar-refractivity contribution in [2.24, 2.45) is 5.92 Å². The molecule has 2 aromatic rings. The summed E-state index contributed by atoms with van der Waals surface area (Å²) in [5.41, 5.74) is 0.655. The topological polar surface area (TPSA) is 71.8 Å². The number of nitrogens with one attached hydrogen (secondary N) is 1. The number of carbonyl (C=O) groups excluding carboxylic acids is 2. The van der Waals surface area contributed by atoms with Gasteiger partial charge in [0, 0.05) is 25.8 Å². The number of carbonyl (C=O) groups is 2. The van der Waals surface area contributed by atoms with Gasteiger partial charge in [-0.3, -0.25) is 9.59 Å². The fourth-order valence-corrected chi connectivity index (χ4v) is 3.43. The number of amides is 2. The van der Waals surface area contributed by atoms with Gasteiger partial charge in [-0.15, -0.1) is 0 Å². The van der Waals surface area contributed by atoms with Crippen molar-refractivity contribution in [2.75, 3.05) is 26.8 Å². The van der Waals surface area contributed by atoms with Gasteiger partial charge in [0.05, 0.1) is 12.5 Å². The van der Waals surface area contributed by atoms with Gasteiger partial charge >= 0.3 is 0 Å². The summed E-state index contributed by atoms with van der Waals surface area (Å²) in [5.74, 6) is 1.13. The van der Waals surface area contributed by atoms with Crippen LogP contribution in [0.5, 0.6) is 0 Å². The first-order valence-corrected chi connectivity index (χ1v) is 9.28. The lowest BCUT2D eigenvalue weighted by Crippen LogP contribution is -2.46. The monoisotopic (exact) mass is 370 g/mol. The van der Waals surface area contributed by atoms with Crippen LogP contribution in [0.15, 0.2) is 46.9 Å². The van der Waals surface area contributed by atoms with Crippen LogP contribution in [0.2, 0.25) is 0 Å². The Kier molecular flexibility index (Phi) is 6.29. The summed E-state index contributed by atoms with van der Waals surface area (Å²) in [5, 5.41) is 3.02. The first kappa shape index (κ1) is 19.2. The summed E-state index contributed by atoms with van der Waals surface area (Å²) < 4.78 is 10.9. The zero-order valence-corrected chi connectivity index (χ0v) is 15.8. The number of furan rings is 1. The standard InChI is InChI=1S/C21H26N2O4/c1-15-10-11-19(27-15)18(14-26-2)22-20(24)17-9-6-12-23(13-17)21(25)16-7-4-3-5-8-16/h3-5,7-8,10-11,17-18H,6,9,12-14H2,1-2H3,(H,22,24). The molecule has 3 rings (SSSR count). The quantitative estimate of drug-likeness (QED) is 0.849. The van der Waals surface area contributed by atoms with Crippen LogP contribution in [0.3, 0.4) is 0 Å². The average Bonchev–Trinajstić information content (AvgIpc) is 3.14. The third-order valence-electron chi connectivity index (χ3n) is 4.85. The molecule has 1 N–H and O–H groups in total. The molecular formula is C21H26N2O4. The lowest BCUT2D eigenvalue weighted by atomic mass is 9.96. The van der Waals surface area contributed by atoms with Gasteiger partial charge in [0.1, 0.15) is 17.6 Å². The maximum atomic E-state index is 12.8. The lowest BCUT2D eigenvalue weighted by Gasteiger charge is -2.32. The Labute approximate surface area is 159 Å². The Morgan fingerprint density at radius 1 is 1.26 bits per heavy atom. The number of methoxy groups -OCH3 is 1. The van der Waals surface area contributed by atoms with Crippen LogP contribution >= 0.6 is 0 Å². The van der Waals surface area contributed by atoms with Gasteiger partial charge in [-0.1, -0.05) is 18.2 Å². The van der Waals surface area contributed by atoms with Crippen LogP contribution < -0.4 is 5.32 Å². The zero-order chi connectivity index (χ0) is 19.2. The first-order valence-electron chi connectivity index (χ1n) is 9.28. The molecule has 0 aliphatic carbocycles. The second kappa shape index (κ2) is 8.86. The number of likely N-dealkylation sites (tertiary alicyclic amines) is 1. The van der Waals surface area contributed by atoms with E-state index in [0.29, 0.717) is 31.0 Å². The van der Waals surface area contributed by atoms with Crippen molar-refractivity contribution in [2.45, 2.75) is 25.8 Å². The number of ether oxygens (including phenoxy) is 1. The van der Waals surface area contributed by atoms with Gasteiger partial charge in [-0.25, -0.2) is 0 Å². The van der Waals surface area contributed by atoms with E-state index in [9.17, 15) is 9.59 Å². The average molecular weight is 370 g/mol. The molecule has 1 aromatic heterocycles. The summed E-state index contributed by atoms with van der Waals surface area (Å²) in [6.07, 6.45) is 1.58. The molecule has 2 atom stereocenters. The van der Waals surface area contributed by atoms with Crippen LogP contribution in [0.25, 0.3) is 0 Å². The summed E-state index contributed by atoms with van der Waals surface area (Å²) in [4.78, 5) is 27.3. The fourth-order valence-electron chi connectivity index (χ4n) is 3.43. The fraction of sp³-hybridized carbons (Fsp3) is 0.429. The molecule has 27 heavy (non-hydrogen) atoms. The van der Waals surface area contributed by atoms with E-state index in [1.54, 1.807) is 24.1 Å². The number of aryl methyl sites for hydroxylation is 1. The second-order valence-corrected chi connectivity index (χ2v) is 6.92. The highest BCUT2D eigenvalue weighted by molar-refractivity contribution is 5.94. The van der Waals surface area contributed by atoms with E-state index in [-0.39, 0.29) is 23.8 Å². The molecule has 2 amide bonds. The molecule has 0 radical (unpaired) electrons. The normalized spacial score (nSPS) is 18.1. The Bertz CT molecular complexity index is 771. The van der Waals surface area contributed by atoms with E-state index < -0.39 is 0 Å². The Morgan fingerprint density at radius 2 is 2.04 bits per heavy atom. The SMILES string of the molecule is COCC(NC(=O)C1CCCN(C(=O)c2ccccc2)C1)c1ccc(C)o1. The molecule has 2 unspecified atom stereocenters. The van der Waals surface area contributed by atoms with Crippen molar-refractivity contribution in [3.63, 3.8) is 0 Å². The van der Waals surface area contributed by atoms with Crippen LogP contribution in [-0.2, 0) is 9.53 Å². The molecule has 1 saturated heterocycles. The van der Waals surface area contributed by atoms with Gasteiger partial charge in [0.2, 0.25) is 5.91 Å². The number of hydrogen-bond donors (Lipinski definition) is 1. The largest absolute Gasteiger partial charge is 0.464 e. The highest BCUT2D eigenvalue weighted by Crippen LogP contribution is 2.22. The summed E-state index contributed by atoms with van der Waals surface area (Å²) >= 11 is 0. The number of nitrogens with zero attached hydrogens (tertiary/aromatic N) is 1. The van der Waals surface area contributed by atoms with Gasteiger partial charge in [-0.05, 0) is 44.0 Å². The van der Waals surface area contributed by atoms with Crippen LogP contribution in [0, 0.1) is 12.8 Å². The molecule has 6 nitrogen and oxygen atoms in total. The van der Waals surface area contributed by atoms with Gasteiger partial charge in [-0.2, -0.15) is 0 Å². The van der Waals surface area contributed by atoms with Crippen LogP contribution in [0.1, 0.15) is 40.8 Å². The minimum atomic E-state index is -0.337. The van der Waals surface area contributed by atoms with Crippen LogP contribution in [0.4, 0.5) is 0 Å². The van der Waals surface area contributed by atoms with Crippen LogP contribution in [-0.4, -0.2) is 43.5 Å². The van der Waals surface area contributed by atoms with Gasteiger partial charge in [0.25, 0.3) is 5.91 Å². The zero-order valence-electron chi connectivity index (χ0n) is 15.8. The minimum absolute atomic E-state index is 0.0248. The Balaban J connectivity index is 1.64. The van der Waals surface area contributed by atoms with Gasteiger partial charge < -0.3 is 19.4 Å². The third-order valence-corrected chi connectivity index (χ3v) is 4.85. The Hall–Kier alpha value is -2.60. The third kappa shape index (κ3) is 4.77. The maximum Gasteiger partial charge on any atom is 0.253 e. The van der Waals surface area contributed by atoms with E-state index in [2.05, 4.69) is 5.32 Å². The Morgan fingerprint density at radius 3 is 2.70 bits per heavy atom. The van der Waals surface area contributed by atoms with Gasteiger partial charge in [0.15, 0.2) is 0 Å². The number of hydrogen-bond acceptors (Lipinski definition) is 4. The molecule has 6 heteroatoms. The first-order chi connectivity index (χ1) is 13.1. The summed E-state index contributed by atoms with van der Waals surface area (Å²) in [6, 6.07) is 12.6. The van der Waals surface area contributed by atoms with Crippen molar-refractivity contribution >= 4 is 11.8 Å². The van der Waals surface area contributed by atoms with E-state index in [1.807, 2.05) is 37.3 Å². The van der Waals surface area contributed by atoms with E-state index >= 15 is 0 Å². The maximum absolute atomic E-state index is 12.8. The van der Waals surface area contributed by atoms with E-state index in [0.717, 1.165) is 18.6 Å². The molecule has 0 spiro atoms. The van der Waals surface area contributed by atoms with Crippen molar-refractivity contribution in [1.29, 1.82) is 0 Å². The minimum Gasteiger partial charge on any atom is -0.464 e. The second-order valence-electron chi connectivity index (χ2n) is 6.92. The molecule has 0 bridgehead atoms. The summed E-state index contributed by atoms with van der Waals surface area (Å²) in [7, 11) is 1.59. The predicted octanol–water partition coefficient (Wildman–Crippen LogP) is 2.94. The van der Waals surface area contributed by atoms with E-state index in [4.69, 9.17) is 9.15 Å². The molecule has 1 aromatic carbocycles. The number of benzene rings is 1. The lowest BCUT2D eigenvalue weighted by molar-refractivity contribution is -0.127. The molecule has 1 fully saturated rings. The number of piperidine rings is 1. The predicted molar refractivity (Wildman–Crippen MR) is 101 cm³/mol. The van der Waals surface area contributed by atoms with Crippen molar-refractivity contribution in [3.8, 4) is 0 Å². The molecule has 144 valence electrons.